The van der Waals surface area contributed by atoms with Crippen LogP contribution in [0.2, 0.25) is 0 Å². The first kappa shape index (κ1) is 21.6. The first-order chi connectivity index (χ1) is 14.6. The molecule has 7 heteroatoms. The van der Waals surface area contributed by atoms with Crippen LogP contribution in [-0.2, 0) is 22.5 Å². The molecule has 0 radical (unpaired) electrons. The topological polar surface area (TPSA) is 67.2 Å². The maximum Gasteiger partial charge on any atom is 0.262 e. The number of benzene rings is 2. The minimum atomic E-state index is -3.65. The molecule has 0 saturated carbocycles. The average molecular weight is 439 g/mol. The number of sulfonamides is 1. The Morgan fingerprint density at radius 2 is 1.77 bits per heavy atom. The van der Waals surface area contributed by atoms with Crippen molar-refractivity contribution in [1.82, 2.24) is 13.9 Å². The highest BCUT2D eigenvalue weighted by atomic mass is 32.2. The summed E-state index contributed by atoms with van der Waals surface area (Å²) in [5, 5.41) is 3.72. The van der Waals surface area contributed by atoms with E-state index in [9.17, 15) is 8.42 Å². The van der Waals surface area contributed by atoms with Gasteiger partial charge >= 0.3 is 0 Å². The molecule has 0 aliphatic carbocycles. The van der Waals surface area contributed by atoms with Crippen LogP contribution in [0.25, 0.3) is 0 Å². The van der Waals surface area contributed by atoms with Crippen molar-refractivity contribution in [2.24, 2.45) is 7.05 Å². The molecular weight excluding hydrogens is 408 g/mol. The van der Waals surface area contributed by atoms with Crippen molar-refractivity contribution in [3.63, 3.8) is 0 Å². The van der Waals surface area contributed by atoms with E-state index < -0.39 is 10.0 Å². The van der Waals surface area contributed by atoms with E-state index in [2.05, 4.69) is 61.4 Å². The first-order valence-corrected chi connectivity index (χ1v) is 12.0. The van der Waals surface area contributed by atoms with Crippen LogP contribution >= 0.6 is 0 Å². The van der Waals surface area contributed by atoms with Gasteiger partial charge in [0.1, 0.15) is 0 Å². The summed E-state index contributed by atoms with van der Waals surface area (Å²) in [6, 6.07) is 18.5. The first-order valence-electron chi connectivity index (χ1n) is 10.5. The Hall–Kier alpha value is -2.64. The number of anilines is 1. The largest absolute Gasteiger partial charge is 0.380 e. The number of aromatic nitrogens is 2. The van der Waals surface area contributed by atoms with Gasteiger partial charge in [-0.2, -0.15) is 4.31 Å². The second-order valence-electron chi connectivity index (χ2n) is 9.30. The number of aryl methyl sites for hydroxylation is 1. The maximum atomic E-state index is 13.2. The zero-order valence-electron chi connectivity index (χ0n) is 18.5. The van der Waals surface area contributed by atoms with Crippen LogP contribution in [0.3, 0.4) is 0 Å². The fourth-order valence-electron chi connectivity index (χ4n) is 4.09. The summed E-state index contributed by atoms with van der Waals surface area (Å²) in [5.41, 5.74) is 3.42. The molecule has 6 nitrogen and oxygen atoms in total. The van der Waals surface area contributed by atoms with Crippen molar-refractivity contribution in [2.45, 2.75) is 43.2 Å². The lowest BCUT2D eigenvalue weighted by Gasteiger charge is -2.24. The lowest BCUT2D eigenvalue weighted by molar-refractivity contribution is 0.468. The Morgan fingerprint density at radius 3 is 2.42 bits per heavy atom. The fraction of sp³-hybridized carbons (Fsp3) is 0.375. The Morgan fingerprint density at radius 1 is 1.03 bits per heavy atom. The molecule has 2 aromatic carbocycles. The van der Waals surface area contributed by atoms with Gasteiger partial charge in [-0.25, -0.2) is 13.4 Å². The van der Waals surface area contributed by atoms with E-state index in [1.807, 2.05) is 24.3 Å². The van der Waals surface area contributed by atoms with Crippen LogP contribution in [0.4, 0.5) is 5.69 Å². The van der Waals surface area contributed by atoms with Gasteiger partial charge in [-0.15, -0.1) is 0 Å². The molecule has 1 aliphatic heterocycles. The van der Waals surface area contributed by atoms with E-state index >= 15 is 0 Å². The number of nitrogens with one attached hydrogen (secondary N) is 1. The lowest BCUT2D eigenvalue weighted by atomic mass is 9.87. The van der Waals surface area contributed by atoms with Crippen LogP contribution in [0.15, 0.2) is 72.1 Å². The predicted molar refractivity (Wildman–Crippen MR) is 124 cm³/mol. The van der Waals surface area contributed by atoms with Gasteiger partial charge in [-0.3, -0.25) is 0 Å². The van der Waals surface area contributed by atoms with E-state index in [-0.39, 0.29) is 22.4 Å². The molecular formula is C24H30N4O2S. The fourth-order valence-corrected chi connectivity index (χ4v) is 5.55. The Kier molecular flexibility index (Phi) is 5.66. The molecule has 0 bridgehead atoms. The zero-order chi connectivity index (χ0) is 22.2. The van der Waals surface area contributed by atoms with Crippen LogP contribution in [0, 0.1) is 0 Å². The second kappa shape index (κ2) is 8.13. The summed E-state index contributed by atoms with van der Waals surface area (Å²) in [7, 11) is -1.88. The maximum absolute atomic E-state index is 13.2. The minimum Gasteiger partial charge on any atom is -0.380 e. The predicted octanol–water partition coefficient (Wildman–Crippen LogP) is 3.99. The van der Waals surface area contributed by atoms with Crippen molar-refractivity contribution in [3.8, 4) is 0 Å². The summed E-state index contributed by atoms with van der Waals surface area (Å²) in [6.07, 6.45) is 3.08. The molecule has 1 aliphatic rings. The molecule has 3 aromatic rings. The van der Waals surface area contributed by atoms with Crippen LogP contribution < -0.4 is 5.32 Å². The smallest absolute Gasteiger partial charge is 0.262 e. The molecule has 1 saturated heterocycles. The molecule has 1 fully saturated rings. The third-order valence-electron chi connectivity index (χ3n) is 5.88. The van der Waals surface area contributed by atoms with Crippen LogP contribution in [-0.4, -0.2) is 41.4 Å². The van der Waals surface area contributed by atoms with E-state index in [0.29, 0.717) is 13.1 Å². The van der Waals surface area contributed by atoms with Gasteiger partial charge in [0.05, 0.1) is 6.33 Å². The van der Waals surface area contributed by atoms with Gasteiger partial charge in [0.15, 0.2) is 5.03 Å². The second-order valence-corrected chi connectivity index (χ2v) is 11.2. The van der Waals surface area contributed by atoms with Gasteiger partial charge in [0.25, 0.3) is 10.0 Å². The highest BCUT2D eigenvalue weighted by Crippen LogP contribution is 2.34. The van der Waals surface area contributed by atoms with Crippen molar-refractivity contribution >= 4 is 15.7 Å². The van der Waals surface area contributed by atoms with E-state index in [1.165, 1.54) is 11.9 Å². The monoisotopic (exact) mass is 438 g/mol. The van der Waals surface area contributed by atoms with Crippen molar-refractivity contribution in [3.05, 3.63) is 78.2 Å². The molecule has 4 rings (SSSR count). The summed E-state index contributed by atoms with van der Waals surface area (Å²) in [6.45, 7) is 7.37. The molecule has 2 heterocycles. The Balaban J connectivity index is 1.65. The number of imidazole rings is 1. The lowest BCUT2D eigenvalue weighted by Crippen LogP contribution is -2.32. The Labute approximate surface area is 185 Å². The van der Waals surface area contributed by atoms with Crippen molar-refractivity contribution < 1.29 is 8.42 Å². The van der Waals surface area contributed by atoms with Gasteiger partial charge in [-0.05, 0) is 28.7 Å². The van der Waals surface area contributed by atoms with Gasteiger partial charge in [0, 0.05) is 44.0 Å². The van der Waals surface area contributed by atoms with Crippen LogP contribution in [0.5, 0.6) is 0 Å². The highest BCUT2D eigenvalue weighted by molar-refractivity contribution is 7.89. The van der Waals surface area contributed by atoms with E-state index in [1.54, 1.807) is 22.1 Å². The highest BCUT2D eigenvalue weighted by Gasteiger charge is 2.41. The number of nitrogens with zero attached hydrogens (tertiary/aromatic N) is 3. The third-order valence-corrected chi connectivity index (χ3v) is 7.60. The SMILES string of the molecule is Cn1cnc(S(=O)(=O)N2C[C@@H](Nc3cccc(C(C)(C)C)c3)[C@H](c3ccccc3)C2)c1. The Bertz CT molecular complexity index is 1150. The summed E-state index contributed by atoms with van der Waals surface area (Å²) in [5.74, 6) is 0.0398. The average Bonchev–Trinajstić information content (AvgIpc) is 3.36. The summed E-state index contributed by atoms with van der Waals surface area (Å²) in [4.78, 5) is 4.09. The minimum absolute atomic E-state index is 0.0398. The van der Waals surface area contributed by atoms with Gasteiger partial charge in [-0.1, -0.05) is 63.2 Å². The molecule has 0 unspecified atom stereocenters. The summed E-state index contributed by atoms with van der Waals surface area (Å²) < 4.78 is 29.7. The third kappa shape index (κ3) is 4.52. The molecule has 1 N–H and O–H groups in total. The molecule has 31 heavy (non-hydrogen) atoms. The zero-order valence-corrected chi connectivity index (χ0v) is 19.3. The van der Waals surface area contributed by atoms with Crippen molar-refractivity contribution in [2.75, 3.05) is 18.4 Å². The number of rotatable bonds is 5. The quantitative estimate of drug-likeness (QED) is 0.654. The van der Waals surface area contributed by atoms with Crippen molar-refractivity contribution in [1.29, 1.82) is 0 Å². The molecule has 0 amide bonds. The molecule has 0 spiro atoms. The van der Waals surface area contributed by atoms with Gasteiger partial charge < -0.3 is 9.88 Å². The standard InChI is InChI=1S/C24H30N4O2S/c1-24(2,3)19-11-8-12-20(13-19)26-22-15-28(14-21(22)18-9-6-5-7-10-18)31(29,30)23-16-27(4)17-25-23/h5-13,16-17,21-22,26H,14-15H2,1-4H3/t21-,22+/m0/s1. The summed E-state index contributed by atoms with van der Waals surface area (Å²) >= 11 is 0. The number of hydrogen-bond donors (Lipinski definition) is 1. The van der Waals surface area contributed by atoms with E-state index in [4.69, 9.17) is 0 Å². The normalized spacial score (nSPS) is 20.1. The van der Waals surface area contributed by atoms with Crippen LogP contribution in [0.1, 0.15) is 37.8 Å². The van der Waals surface area contributed by atoms with Gasteiger partial charge in [0.2, 0.25) is 0 Å². The molecule has 1 aromatic heterocycles. The van der Waals surface area contributed by atoms with E-state index in [0.717, 1.165) is 11.3 Å². The molecule has 164 valence electrons. The molecule has 2 atom stereocenters. The number of hydrogen-bond acceptors (Lipinski definition) is 4.